The van der Waals surface area contributed by atoms with Gasteiger partial charge in [-0.05, 0) is 38.9 Å². The van der Waals surface area contributed by atoms with Gasteiger partial charge in [0.1, 0.15) is 0 Å². The highest BCUT2D eigenvalue weighted by molar-refractivity contribution is 5.99. The molecular formula is C17H26N4O2. The Labute approximate surface area is 137 Å². The van der Waals surface area contributed by atoms with Crippen molar-refractivity contribution >= 4 is 11.8 Å². The number of nitrogens with one attached hydrogen (secondary N) is 1. The predicted octanol–water partition coefficient (Wildman–Crippen LogP) is 1.25. The van der Waals surface area contributed by atoms with Crippen LogP contribution < -0.4 is 5.32 Å². The van der Waals surface area contributed by atoms with Crippen molar-refractivity contribution in [2.45, 2.75) is 19.8 Å². The second kappa shape index (κ2) is 8.06. The molecule has 2 amide bonds. The molecule has 2 rings (SSSR count). The van der Waals surface area contributed by atoms with E-state index in [2.05, 4.69) is 17.2 Å². The lowest BCUT2D eigenvalue weighted by molar-refractivity contribution is 0.0682. The fourth-order valence-corrected chi connectivity index (χ4v) is 2.73. The van der Waals surface area contributed by atoms with Crippen molar-refractivity contribution in [3.63, 3.8) is 0 Å². The highest BCUT2D eigenvalue weighted by atomic mass is 16.2. The Bertz CT molecular complexity index is 559. The van der Waals surface area contributed by atoms with E-state index in [-0.39, 0.29) is 11.8 Å². The molecular weight excluding hydrogens is 292 g/mol. The SMILES string of the molecule is CC1CCCN(C(=O)c2cncc(C(=O)NCCN(C)C)c2)C1. The number of piperidine rings is 1. The smallest absolute Gasteiger partial charge is 0.255 e. The van der Waals surface area contributed by atoms with Crippen molar-refractivity contribution in [1.29, 1.82) is 0 Å². The summed E-state index contributed by atoms with van der Waals surface area (Å²) in [6.07, 6.45) is 5.24. The third-order valence-electron chi connectivity index (χ3n) is 4.04. The van der Waals surface area contributed by atoms with E-state index >= 15 is 0 Å². The summed E-state index contributed by atoms with van der Waals surface area (Å²) >= 11 is 0. The van der Waals surface area contributed by atoms with Gasteiger partial charge in [-0.1, -0.05) is 6.92 Å². The number of likely N-dealkylation sites (tertiary alicyclic amines) is 1. The van der Waals surface area contributed by atoms with Gasteiger partial charge in [0.2, 0.25) is 0 Å². The molecule has 0 aromatic carbocycles. The van der Waals surface area contributed by atoms with Crippen LogP contribution in [0.15, 0.2) is 18.5 Å². The summed E-state index contributed by atoms with van der Waals surface area (Å²) in [7, 11) is 3.90. The van der Waals surface area contributed by atoms with Crippen molar-refractivity contribution in [1.82, 2.24) is 20.1 Å². The van der Waals surface area contributed by atoms with Crippen LogP contribution in [-0.4, -0.2) is 66.9 Å². The van der Waals surface area contributed by atoms with Gasteiger partial charge in [-0.3, -0.25) is 14.6 Å². The average molecular weight is 318 g/mol. The topological polar surface area (TPSA) is 65.5 Å². The average Bonchev–Trinajstić information content (AvgIpc) is 2.54. The minimum atomic E-state index is -0.194. The second-order valence-corrected chi connectivity index (χ2v) is 6.52. The van der Waals surface area contributed by atoms with Gasteiger partial charge in [-0.15, -0.1) is 0 Å². The molecule has 0 bridgehead atoms. The molecule has 126 valence electrons. The first-order chi connectivity index (χ1) is 11.0. The lowest BCUT2D eigenvalue weighted by atomic mass is 9.99. The fourth-order valence-electron chi connectivity index (χ4n) is 2.73. The molecule has 0 aliphatic carbocycles. The van der Waals surface area contributed by atoms with Gasteiger partial charge in [0.15, 0.2) is 0 Å². The predicted molar refractivity (Wildman–Crippen MR) is 89.4 cm³/mol. The summed E-state index contributed by atoms with van der Waals surface area (Å²) < 4.78 is 0. The van der Waals surface area contributed by atoms with Crippen LogP contribution in [0.3, 0.4) is 0 Å². The minimum Gasteiger partial charge on any atom is -0.351 e. The molecule has 1 saturated heterocycles. The number of nitrogens with zero attached hydrogens (tertiary/aromatic N) is 3. The zero-order valence-corrected chi connectivity index (χ0v) is 14.2. The first-order valence-electron chi connectivity index (χ1n) is 8.14. The number of aromatic nitrogens is 1. The molecule has 23 heavy (non-hydrogen) atoms. The summed E-state index contributed by atoms with van der Waals surface area (Å²) in [4.78, 5) is 32.6. The number of pyridine rings is 1. The number of carbonyl (C=O) groups is 2. The first kappa shape index (κ1) is 17.4. The van der Waals surface area contributed by atoms with Crippen molar-refractivity contribution in [3.05, 3.63) is 29.6 Å². The molecule has 6 heteroatoms. The Morgan fingerprint density at radius 1 is 1.35 bits per heavy atom. The van der Waals surface area contributed by atoms with Gasteiger partial charge < -0.3 is 15.1 Å². The standard InChI is InChI=1S/C17H26N4O2/c1-13-5-4-7-21(12-13)17(23)15-9-14(10-18-11-15)16(22)19-6-8-20(2)3/h9-11,13H,4-8,12H2,1-3H3,(H,19,22). The molecule has 6 nitrogen and oxygen atoms in total. The highest BCUT2D eigenvalue weighted by Gasteiger charge is 2.22. The number of rotatable bonds is 5. The molecule has 0 radical (unpaired) electrons. The normalized spacial score (nSPS) is 18.1. The molecule has 1 atom stereocenters. The summed E-state index contributed by atoms with van der Waals surface area (Å²) in [5.74, 6) is 0.297. The van der Waals surface area contributed by atoms with Crippen molar-refractivity contribution in [2.75, 3.05) is 40.3 Å². The largest absolute Gasteiger partial charge is 0.351 e. The van der Waals surface area contributed by atoms with Crippen LogP contribution in [0.1, 0.15) is 40.5 Å². The Morgan fingerprint density at radius 3 is 2.78 bits per heavy atom. The minimum absolute atomic E-state index is 0.0352. The molecule has 2 heterocycles. The van der Waals surface area contributed by atoms with Crippen LogP contribution in [0.25, 0.3) is 0 Å². The van der Waals surface area contributed by atoms with E-state index < -0.39 is 0 Å². The summed E-state index contributed by atoms with van der Waals surface area (Å²) in [5, 5.41) is 2.84. The van der Waals surface area contributed by atoms with Crippen LogP contribution in [0.5, 0.6) is 0 Å². The summed E-state index contributed by atoms with van der Waals surface area (Å²) in [5.41, 5.74) is 0.916. The van der Waals surface area contributed by atoms with Crippen LogP contribution in [0, 0.1) is 5.92 Å². The fraction of sp³-hybridized carbons (Fsp3) is 0.588. The van der Waals surface area contributed by atoms with Crippen molar-refractivity contribution in [2.24, 2.45) is 5.92 Å². The molecule has 1 aromatic rings. The maximum atomic E-state index is 12.6. The van der Waals surface area contributed by atoms with Gasteiger partial charge in [0, 0.05) is 38.6 Å². The maximum Gasteiger partial charge on any atom is 0.255 e. The number of likely N-dealkylation sites (N-methyl/N-ethyl adjacent to an activating group) is 1. The van der Waals surface area contributed by atoms with Crippen LogP contribution in [-0.2, 0) is 0 Å². The van der Waals surface area contributed by atoms with Gasteiger partial charge in [0.05, 0.1) is 11.1 Å². The number of hydrogen-bond acceptors (Lipinski definition) is 4. The van der Waals surface area contributed by atoms with E-state index in [9.17, 15) is 9.59 Å². The summed E-state index contributed by atoms with van der Waals surface area (Å²) in [6.45, 7) is 5.05. The van der Waals surface area contributed by atoms with E-state index in [1.165, 1.54) is 12.4 Å². The van der Waals surface area contributed by atoms with E-state index in [1.54, 1.807) is 6.07 Å². The van der Waals surface area contributed by atoms with Gasteiger partial charge in [-0.25, -0.2) is 0 Å². The Hall–Kier alpha value is -1.95. The van der Waals surface area contributed by atoms with Crippen molar-refractivity contribution in [3.8, 4) is 0 Å². The third-order valence-corrected chi connectivity index (χ3v) is 4.04. The number of amides is 2. The zero-order chi connectivity index (χ0) is 16.8. The third kappa shape index (κ3) is 5.03. The Balaban J connectivity index is 2.01. The lowest BCUT2D eigenvalue weighted by Gasteiger charge is -2.30. The molecule has 1 aliphatic heterocycles. The van der Waals surface area contributed by atoms with Crippen LogP contribution in [0.4, 0.5) is 0 Å². The Morgan fingerprint density at radius 2 is 2.09 bits per heavy atom. The number of carbonyl (C=O) groups excluding carboxylic acids is 2. The zero-order valence-electron chi connectivity index (χ0n) is 14.2. The quantitative estimate of drug-likeness (QED) is 0.887. The molecule has 1 N–H and O–H groups in total. The van der Waals surface area contributed by atoms with Crippen LogP contribution in [0.2, 0.25) is 0 Å². The van der Waals surface area contributed by atoms with Crippen LogP contribution >= 0.6 is 0 Å². The molecule has 0 saturated carbocycles. The van der Waals surface area contributed by atoms with E-state index in [0.29, 0.717) is 23.6 Å². The monoisotopic (exact) mass is 318 g/mol. The molecule has 1 aliphatic rings. The summed E-state index contributed by atoms with van der Waals surface area (Å²) in [6, 6.07) is 1.64. The van der Waals surface area contributed by atoms with Crippen molar-refractivity contribution < 1.29 is 9.59 Å². The second-order valence-electron chi connectivity index (χ2n) is 6.52. The molecule has 0 spiro atoms. The maximum absolute atomic E-state index is 12.6. The van der Waals surface area contributed by atoms with E-state index in [0.717, 1.165) is 32.5 Å². The van der Waals surface area contributed by atoms with E-state index in [4.69, 9.17) is 0 Å². The highest BCUT2D eigenvalue weighted by Crippen LogP contribution is 2.18. The molecule has 1 unspecified atom stereocenters. The first-order valence-corrected chi connectivity index (χ1v) is 8.14. The molecule has 1 aromatic heterocycles. The molecule has 1 fully saturated rings. The van der Waals surface area contributed by atoms with E-state index in [1.807, 2.05) is 23.9 Å². The number of hydrogen-bond donors (Lipinski definition) is 1. The lowest BCUT2D eigenvalue weighted by Crippen LogP contribution is -2.39. The van der Waals surface area contributed by atoms with Gasteiger partial charge >= 0.3 is 0 Å². The Kier molecular flexibility index (Phi) is 6.10. The van der Waals surface area contributed by atoms with Gasteiger partial charge in [0.25, 0.3) is 11.8 Å². The van der Waals surface area contributed by atoms with Gasteiger partial charge in [-0.2, -0.15) is 0 Å².